The Morgan fingerprint density at radius 2 is 1.26 bits per heavy atom. The summed E-state index contributed by atoms with van der Waals surface area (Å²) in [5.74, 6) is 0. The molecule has 2 nitrogen and oxygen atoms in total. The first-order valence-corrected chi connectivity index (χ1v) is 21.1. The predicted octanol–water partition coefficient (Wildman–Crippen LogP) is 10.7. The molecule has 0 radical (unpaired) electrons. The summed E-state index contributed by atoms with van der Waals surface area (Å²) >= 11 is 12.9. The van der Waals surface area contributed by atoms with Gasteiger partial charge in [-0.2, -0.15) is 0 Å². The number of allylic oxidation sites excluding steroid dienone is 2. The van der Waals surface area contributed by atoms with Gasteiger partial charge in [-0.25, -0.2) is 0 Å². The Morgan fingerprint density at radius 3 is 1.57 bits per heavy atom. The van der Waals surface area contributed by atoms with Crippen LogP contribution in [0.5, 0.6) is 0 Å². The number of benzene rings is 1. The van der Waals surface area contributed by atoms with Crippen LogP contribution in [0.4, 0.5) is 5.69 Å². The van der Waals surface area contributed by atoms with Gasteiger partial charge in [0.2, 0.25) is 0 Å². The highest BCUT2D eigenvalue weighted by Gasteiger charge is 2.65. The molecule has 0 fully saturated rings. The largest absolute Gasteiger partial charge is 0.370 e. The van der Waals surface area contributed by atoms with Crippen molar-refractivity contribution in [2.75, 3.05) is 4.57 Å². The van der Waals surface area contributed by atoms with E-state index in [0.717, 1.165) is 11.3 Å². The van der Waals surface area contributed by atoms with Crippen LogP contribution in [0.2, 0.25) is 49.3 Å². The maximum atomic E-state index is 7.05. The zero-order valence-electron chi connectivity index (χ0n) is 24.8. The van der Waals surface area contributed by atoms with Gasteiger partial charge in [0.1, 0.15) is 0 Å². The monoisotopic (exact) mass is 571 g/mol. The van der Waals surface area contributed by atoms with Crippen LogP contribution in [0.3, 0.4) is 0 Å². The average Bonchev–Trinajstić information content (AvgIpc) is 3.26. The van der Waals surface area contributed by atoms with E-state index >= 15 is 0 Å². The van der Waals surface area contributed by atoms with Gasteiger partial charge < -0.3 is 8.99 Å². The zero-order chi connectivity index (χ0) is 27.6. The molecule has 1 aliphatic carbocycles. The summed E-state index contributed by atoms with van der Waals surface area (Å²) in [4.78, 5) is 0. The first kappa shape index (κ1) is 31.1. The summed E-state index contributed by atoms with van der Waals surface area (Å²) in [5, 5.41) is 1.10. The van der Waals surface area contributed by atoms with E-state index in [1.807, 2.05) is 12.1 Å². The van der Waals surface area contributed by atoms with Crippen molar-refractivity contribution in [3.63, 3.8) is 0 Å². The Morgan fingerprint density at radius 1 is 0.800 bits per heavy atom. The second-order valence-electron chi connectivity index (χ2n) is 14.9. The van der Waals surface area contributed by atoms with Gasteiger partial charge in [0.25, 0.3) is 0 Å². The van der Waals surface area contributed by atoms with E-state index in [1.165, 1.54) is 8.20 Å². The van der Waals surface area contributed by atoms with Gasteiger partial charge in [-0.1, -0.05) is 105 Å². The van der Waals surface area contributed by atoms with E-state index in [1.54, 1.807) is 11.1 Å². The minimum absolute atomic E-state index is 0.0383. The van der Waals surface area contributed by atoms with Crippen molar-refractivity contribution in [3.05, 3.63) is 39.4 Å². The third-order valence-corrected chi connectivity index (χ3v) is 11.8. The maximum Gasteiger partial charge on any atom is 0.193 e. The van der Waals surface area contributed by atoms with Crippen LogP contribution in [-0.4, -0.2) is 27.3 Å². The zero-order valence-corrected chi connectivity index (χ0v) is 29.2. The molecule has 1 aromatic rings. The Hall–Kier alpha value is -0.0962. The molecule has 0 unspecified atom stereocenters. The molecule has 0 aliphatic heterocycles. The average molecular weight is 573 g/mol. The molecule has 0 saturated heterocycles. The van der Waals surface area contributed by atoms with Crippen molar-refractivity contribution in [1.29, 1.82) is 0 Å². The molecule has 35 heavy (non-hydrogen) atoms. The third-order valence-electron chi connectivity index (χ3n) is 6.18. The summed E-state index contributed by atoms with van der Waals surface area (Å²) in [7, 11) is -2.63. The Bertz CT molecular complexity index is 1010. The van der Waals surface area contributed by atoms with Gasteiger partial charge in [0, 0.05) is 5.69 Å². The van der Waals surface area contributed by atoms with Crippen LogP contribution >= 0.6 is 31.4 Å². The van der Waals surface area contributed by atoms with E-state index in [2.05, 4.69) is 112 Å². The number of halogens is 2. The lowest BCUT2D eigenvalue weighted by atomic mass is 9.77. The Labute approximate surface area is 229 Å². The molecule has 0 N–H and O–H groups in total. The summed E-state index contributed by atoms with van der Waals surface area (Å²) in [6.07, 6.45) is 0. The van der Waals surface area contributed by atoms with Crippen molar-refractivity contribution in [3.8, 4) is 0 Å². The highest BCUT2D eigenvalue weighted by Crippen LogP contribution is 2.73. The lowest BCUT2D eigenvalue weighted by molar-refractivity contribution is 0.342. The van der Waals surface area contributed by atoms with E-state index in [0.29, 0.717) is 10.0 Å². The molecule has 0 heterocycles. The molecule has 198 valence electrons. The highest BCUT2D eigenvalue weighted by atomic mass is 35.5. The third kappa shape index (κ3) is 6.67. The van der Waals surface area contributed by atoms with Crippen molar-refractivity contribution >= 4 is 59.2 Å². The van der Waals surface area contributed by atoms with Gasteiger partial charge in [-0.15, -0.1) is 0 Å². The minimum atomic E-state index is -1.93. The fourth-order valence-electron chi connectivity index (χ4n) is 5.08. The number of hydrogen-bond donors (Lipinski definition) is 0. The summed E-state index contributed by atoms with van der Waals surface area (Å²) < 4.78 is 9.53. The lowest BCUT2D eigenvalue weighted by Crippen LogP contribution is -2.53. The molecule has 1 aliphatic rings. The van der Waals surface area contributed by atoms with E-state index in [4.69, 9.17) is 27.6 Å². The lowest BCUT2D eigenvalue weighted by Gasteiger charge is -2.42. The summed E-state index contributed by atoms with van der Waals surface area (Å²) in [6.45, 7) is 35.3. The molecule has 0 atom stereocenters. The van der Waals surface area contributed by atoms with Crippen molar-refractivity contribution in [1.82, 2.24) is 0 Å². The second kappa shape index (κ2) is 9.58. The van der Waals surface area contributed by atoms with Crippen LogP contribution in [0.25, 0.3) is 0 Å². The van der Waals surface area contributed by atoms with Gasteiger partial charge in [-0.05, 0) is 73.4 Å². The minimum Gasteiger partial charge on any atom is -0.370 e. The topological polar surface area (TPSA) is 12.5 Å². The van der Waals surface area contributed by atoms with Gasteiger partial charge in [0.15, 0.2) is 22.2 Å². The van der Waals surface area contributed by atoms with Crippen molar-refractivity contribution < 1.29 is 4.43 Å². The smallest absolute Gasteiger partial charge is 0.193 e. The SMILES string of the molecule is CC(C)(C)C1=C(C(C)(C)C)C1(P=C(O[Si](C)(C)C)N(c1ccc(Cl)c(Cl)c1)[Si](C)(C)C)C(C)(C)C. The molecule has 7 heteroatoms. The normalized spacial score (nSPS) is 17.7. The molecule has 0 bridgehead atoms. The molecule has 0 aromatic heterocycles. The second-order valence-corrected chi connectivity index (χ2v) is 26.2. The molecule has 0 spiro atoms. The molecule has 0 saturated carbocycles. The number of nitrogens with zero attached hydrogens (tertiary/aromatic N) is 1. The summed E-state index contributed by atoms with van der Waals surface area (Å²) in [6, 6.07) is 6.01. The van der Waals surface area contributed by atoms with E-state index in [-0.39, 0.29) is 21.4 Å². The van der Waals surface area contributed by atoms with E-state index < -0.39 is 16.6 Å². The summed E-state index contributed by atoms with van der Waals surface area (Å²) in [5.41, 5.74) is 5.52. The van der Waals surface area contributed by atoms with Gasteiger partial charge in [0.05, 0.1) is 15.2 Å². The van der Waals surface area contributed by atoms with Crippen molar-refractivity contribution in [2.24, 2.45) is 16.2 Å². The molecule has 2 rings (SSSR count). The number of anilines is 1. The van der Waals surface area contributed by atoms with E-state index in [9.17, 15) is 0 Å². The van der Waals surface area contributed by atoms with Crippen LogP contribution < -0.4 is 4.57 Å². The van der Waals surface area contributed by atoms with Gasteiger partial charge in [-0.3, -0.25) is 0 Å². The highest BCUT2D eigenvalue weighted by molar-refractivity contribution is 7.44. The first-order valence-electron chi connectivity index (χ1n) is 12.6. The molecule has 1 aromatic carbocycles. The molecular formula is C28H48Cl2NOPSi2. The van der Waals surface area contributed by atoms with Crippen LogP contribution in [0.15, 0.2) is 29.3 Å². The van der Waals surface area contributed by atoms with Crippen LogP contribution in [-0.2, 0) is 4.43 Å². The number of rotatable bonds is 6. The first-order chi connectivity index (χ1) is 15.3. The Kier molecular flexibility index (Phi) is 8.52. The van der Waals surface area contributed by atoms with Crippen LogP contribution in [0, 0.1) is 16.2 Å². The standard InChI is InChI=1S/C28H48Cl2NOPSi2/c1-25(2,3)22-23(26(4,5)6)28(22,27(7,8)9)33-24(32-35(13,14)15)31(34(10,11)12)19-16-17-20(29)21(30)18-19/h16-18H,1-15H3. The Balaban J connectivity index is 2.94. The van der Waals surface area contributed by atoms with Gasteiger partial charge >= 0.3 is 0 Å². The van der Waals surface area contributed by atoms with Crippen molar-refractivity contribution in [2.45, 2.75) is 107 Å². The quantitative estimate of drug-likeness (QED) is 0.191. The van der Waals surface area contributed by atoms with Crippen LogP contribution in [0.1, 0.15) is 62.3 Å². The maximum absolute atomic E-state index is 7.05. The fourth-order valence-corrected chi connectivity index (χ4v) is 11.6. The molecular weight excluding hydrogens is 524 g/mol. The fraction of sp³-hybridized carbons (Fsp3) is 0.679. The molecule has 0 amide bonds. The predicted molar refractivity (Wildman–Crippen MR) is 167 cm³/mol. The number of hydrogen-bond acceptors (Lipinski definition) is 1.